The van der Waals surface area contributed by atoms with Gasteiger partial charge in [-0.15, -0.1) is 0 Å². The fourth-order valence-electron chi connectivity index (χ4n) is 3.44. The molecule has 1 aliphatic rings. The van der Waals surface area contributed by atoms with Gasteiger partial charge in [0, 0.05) is 23.8 Å². The quantitative estimate of drug-likeness (QED) is 0.270. The maximum absolute atomic E-state index is 12.4. The summed E-state index contributed by atoms with van der Waals surface area (Å²) in [6.07, 6.45) is -9.22. The van der Waals surface area contributed by atoms with Crippen LogP contribution in [0.2, 0.25) is 0 Å². The molecule has 0 spiro atoms. The largest absolute Gasteiger partial charge is 0.508 e. The number of fused-ring (bicyclic) bond motifs is 1. The van der Waals surface area contributed by atoms with E-state index >= 15 is 0 Å². The number of carbonyl (C=O) groups is 1. The molecule has 12 heteroatoms. The van der Waals surface area contributed by atoms with Crippen molar-refractivity contribution in [2.24, 2.45) is 0 Å². The van der Waals surface area contributed by atoms with Gasteiger partial charge in [0.15, 0.2) is 23.0 Å². The van der Waals surface area contributed by atoms with Crippen LogP contribution in [0.25, 0.3) is 22.3 Å². The highest BCUT2D eigenvalue weighted by Crippen LogP contribution is 2.36. The van der Waals surface area contributed by atoms with Gasteiger partial charge in [-0.2, -0.15) is 0 Å². The smallest absolute Gasteiger partial charge is 0.335 e. The number of carboxylic acid groups (broad SMARTS) is 1. The Hall–Kier alpha value is -3.84. The summed E-state index contributed by atoms with van der Waals surface area (Å²) in [6.45, 7) is 0. The molecule has 0 radical (unpaired) electrons. The average molecular weight is 462 g/mol. The lowest BCUT2D eigenvalue weighted by molar-refractivity contribution is -0.271. The van der Waals surface area contributed by atoms with Gasteiger partial charge in [-0.3, -0.25) is 4.79 Å². The molecule has 2 aromatic carbocycles. The van der Waals surface area contributed by atoms with Gasteiger partial charge >= 0.3 is 5.97 Å². The fraction of sp³-hybridized carbons (Fsp3) is 0.238. The number of benzene rings is 2. The van der Waals surface area contributed by atoms with Crippen LogP contribution >= 0.6 is 0 Å². The second-order valence-electron chi connectivity index (χ2n) is 7.35. The number of phenolic OH excluding ortho intramolecular Hbond substituents is 3. The van der Waals surface area contributed by atoms with E-state index in [-0.39, 0.29) is 33.8 Å². The first-order valence-electron chi connectivity index (χ1n) is 9.49. The highest BCUT2D eigenvalue weighted by Gasteiger charge is 2.48. The van der Waals surface area contributed by atoms with E-state index in [0.29, 0.717) is 0 Å². The van der Waals surface area contributed by atoms with Gasteiger partial charge in [-0.1, -0.05) is 0 Å². The fourth-order valence-corrected chi connectivity index (χ4v) is 3.44. The van der Waals surface area contributed by atoms with Crippen molar-refractivity contribution in [3.63, 3.8) is 0 Å². The van der Waals surface area contributed by atoms with E-state index in [1.807, 2.05) is 0 Å². The van der Waals surface area contributed by atoms with Gasteiger partial charge in [0.05, 0.1) is 0 Å². The van der Waals surface area contributed by atoms with Crippen molar-refractivity contribution in [2.75, 3.05) is 0 Å². The third-order valence-electron chi connectivity index (χ3n) is 5.09. The normalized spacial score (nSPS) is 25.1. The zero-order valence-electron chi connectivity index (χ0n) is 16.5. The van der Waals surface area contributed by atoms with Crippen molar-refractivity contribution in [3.05, 3.63) is 46.6 Å². The van der Waals surface area contributed by atoms with Crippen LogP contribution in [0.15, 0.2) is 45.6 Å². The molecule has 1 aliphatic heterocycles. The van der Waals surface area contributed by atoms with Crippen LogP contribution in [0.3, 0.4) is 0 Å². The molecule has 5 atom stereocenters. The zero-order chi connectivity index (χ0) is 24.0. The summed E-state index contributed by atoms with van der Waals surface area (Å²) in [7, 11) is 0. The standard InChI is InChI=1S/C21H18O12/c22-8-4-10(24)15-11(25)6-13(31-14(15)5-8)7-1-2-12(9(23)3-7)32-21-18(28)16(26)17(27)19(33-21)20(29)30/h1-6,16-19,21-24,26-28H,(H,29,30)/t16-,17-,18-,19-,21-/m0/s1. The molecule has 12 nitrogen and oxygen atoms in total. The predicted octanol–water partition coefficient (Wildman–Crippen LogP) is -0.152. The van der Waals surface area contributed by atoms with E-state index < -0.39 is 53.6 Å². The van der Waals surface area contributed by atoms with Crippen molar-refractivity contribution in [2.45, 2.75) is 30.7 Å². The Bertz CT molecular complexity index is 1280. The Morgan fingerprint density at radius 3 is 2.30 bits per heavy atom. The topological polar surface area (TPSA) is 207 Å². The van der Waals surface area contributed by atoms with Gasteiger partial charge in [0.1, 0.15) is 46.5 Å². The molecule has 0 saturated carbocycles. The molecule has 33 heavy (non-hydrogen) atoms. The van der Waals surface area contributed by atoms with Crippen LogP contribution in [-0.4, -0.2) is 72.4 Å². The van der Waals surface area contributed by atoms with Crippen LogP contribution in [0.5, 0.6) is 23.0 Å². The lowest BCUT2D eigenvalue weighted by Crippen LogP contribution is -2.61. The van der Waals surface area contributed by atoms with Crippen molar-refractivity contribution >= 4 is 16.9 Å². The molecule has 0 amide bonds. The Morgan fingerprint density at radius 2 is 1.64 bits per heavy atom. The lowest BCUT2D eigenvalue weighted by Gasteiger charge is -2.38. The number of carboxylic acids is 1. The highest BCUT2D eigenvalue weighted by atomic mass is 16.7. The first-order valence-corrected chi connectivity index (χ1v) is 9.49. The van der Waals surface area contributed by atoms with Crippen molar-refractivity contribution < 1.29 is 54.4 Å². The number of rotatable bonds is 4. The Kier molecular flexibility index (Phi) is 5.59. The molecule has 3 aromatic rings. The van der Waals surface area contributed by atoms with Gasteiger partial charge in [0.25, 0.3) is 0 Å². The van der Waals surface area contributed by atoms with E-state index in [9.17, 15) is 40.2 Å². The molecule has 0 bridgehead atoms. The summed E-state index contributed by atoms with van der Waals surface area (Å²) in [5.74, 6) is -3.19. The van der Waals surface area contributed by atoms with Gasteiger partial charge in [-0.25, -0.2) is 4.79 Å². The number of ether oxygens (including phenoxy) is 2. The summed E-state index contributed by atoms with van der Waals surface area (Å²) in [5.41, 5.74) is -0.499. The summed E-state index contributed by atoms with van der Waals surface area (Å²) in [4.78, 5) is 23.6. The molecule has 4 rings (SSSR count). The van der Waals surface area contributed by atoms with E-state index in [2.05, 4.69) is 0 Å². The highest BCUT2D eigenvalue weighted by molar-refractivity contribution is 5.86. The number of aliphatic hydroxyl groups excluding tert-OH is 3. The lowest BCUT2D eigenvalue weighted by atomic mass is 9.99. The van der Waals surface area contributed by atoms with Crippen LogP contribution < -0.4 is 10.2 Å². The van der Waals surface area contributed by atoms with Gasteiger partial charge < -0.3 is 49.6 Å². The van der Waals surface area contributed by atoms with Crippen LogP contribution in [0.4, 0.5) is 0 Å². The number of hydrogen-bond donors (Lipinski definition) is 7. The monoisotopic (exact) mass is 462 g/mol. The number of aliphatic hydroxyl groups is 3. The zero-order valence-corrected chi connectivity index (χ0v) is 16.5. The van der Waals surface area contributed by atoms with Crippen LogP contribution in [-0.2, 0) is 9.53 Å². The van der Waals surface area contributed by atoms with Gasteiger partial charge in [-0.05, 0) is 18.2 Å². The molecule has 1 fully saturated rings. The van der Waals surface area contributed by atoms with Crippen molar-refractivity contribution in [3.8, 4) is 34.3 Å². The summed E-state index contributed by atoms with van der Waals surface area (Å²) in [6, 6.07) is 6.89. The predicted molar refractivity (Wildman–Crippen MR) is 108 cm³/mol. The number of hydrogen-bond acceptors (Lipinski definition) is 11. The Labute approximate surface area is 183 Å². The summed E-state index contributed by atoms with van der Waals surface area (Å²) >= 11 is 0. The first-order chi connectivity index (χ1) is 15.6. The molecule has 0 unspecified atom stereocenters. The second kappa shape index (κ2) is 8.26. The maximum Gasteiger partial charge on any atom is 0.335 e. The Balaban J connectivity index is 1.64. The first kappa shape index (κ1) is 22.4. The number of phenols is 3. The molecule has 2 heterocycles. The molecule has 1 saturated heterocycles. The van der Waals surface area contributed by atoms with Crippen LogP contribution in [0.1, 0.15) is 0 Å². The molecular weight excluding hydrogens is 444 g/mol. The number of aromatic hydroxyl groups is 3. The summed E-state index contributed by atoms with van der Waals surface area (Å²) in [5, 5.41) is 68.4. The van der Waals surface area contributed by atoms with Gasteiger partial charge in [0.2, 0.25) is 6.29 Å². The van der Waals surface area contributed by atoms with Crippen LogP contribution in [0, 0.1) is 0 Å². The third-order valence-corrected chi connectivity index (χ3v) is 5.09. The van der Waals surface area contributed by atoms with E-state index in [4.69, 9.17) is 19.0 Å². The maximum atomic E-state index is 12.4. The van der Waals surface area contributed by atoms with E-state index in [1.165, 1.54) is 12.1 Å². The minimum absolute atomic E-state index is 0.0159. The second-order valence-corrected chi connectivity index (χ2v) is 7.35. The van der Waals surface area contributed by atoms with E-state index in [0.717, 1.165) is 24.3 Å². The minimum Gasteiger partial charge on any atom is -0.508 e. The van der Waals surface area contributed by atoms with Crippen molar-refractivity contribution in [1.82, 2.24) is 0 Å². The van der Waals surface area contributed by atoms with E-state index in [1.54, 1.807) is 0 Å². The molecule has 0 aliphatic carbocycles. The van der Waals surface area contributed by atoms with Crippen molar-refractivity contribution in [1.29, 1.82) is 0 Å². The molecule has 1 aromatic heterocycles. The SMILES string of the molecule is O=C(O)[C@H]1O[C@H](Oc2ccc(-c3cc(=O)c4c(O)cc(O)cc4o3)cc2O)[C@@H](O)[C@@H](O)[C@@H]1O. The molecular formula is C21H18O12. The summed E-state index contributed by atoms with van der Waals surface area (Å²) < 4.78 is 15.9. The minimum atomic E-state index is -1.90. The number of aliphatic carboxylic acids is 1. The molecule has 174 valence electrons. The Morgan fingerprint density at radius 1 is 0.909 bits per heavy atom. The average Bonchev–Trinajstić information content (AvgIpc) is 2.74. The molecule has 7 N–H and O–H groups in total. The third kappa shape index (κ3) is 4.03.